The summed E-state index contributed by atoms with van der Waals surface area (Å²) in [6, 6.07) is 8.34. The molecule has 2 rings (SSSR count). The second-order valence-corrected chi connectivity index (χ2v) is 9.03. The first-order valence-corrected chi connectivity index (χ1v) is 11.0. The highest BCUT2D eigenvalue weighted by Crippen LogP contribution is 2.27. The van der Waals surface area contributed by atoms with Gasteiger partial charge in [0.25, 0.3) is 0 Å². The van der Waals surface area contributed by atoms with E-state index in [-0.39, 0.29) is 23.0 Å². The quantitative estimate of drug-likeness (QED) is 0.565. The van der Waals surface area contributed by atoms with Crippen LogP contribution in [-0.4, -0.2) is 41.3 Å². The number of phenolic OH excluding ortho intramolecular Hbond substituents is 2. The topological polar surface area (TPSA) is 139 Å². The molecule has 2 aromatic carbocycles. The van der Waals surface area contributed by atoms with Crippen molar-refractivity contribution in [2.45, 2.75) is 0 Å². The average Bonchev–Trinajstić information content (AvgIpc) is 2.64. The normalized spacial score (nSPS) is 12.5. The van der Waals surface area contributed by atoms with Gasteiger partial charge in [-0.3, -0.25) is 0 Å². The van der Waals surface area contributed by atoms with E-state index in [0.29, 0.717) is 21.9 Å². The third kappa shape index (κ3) is 6.52. The summed E-state index contributed by atoms with van der Waals surface area (Å²) >= 11 is 0. The Kier molecular flexibility index (Phi) is 6.90. The molecule has 0 saturated carbocycles. The summed E-state index contributed by atoms with van der Waals surface area (Å²) in [5.41, 5.74) is 0.630. The first kappa shape index (κ1) is 22.3. The Morgan fingerprint density at radius 2 is 1.14 bits per heavy atom. The van der Waals surface area contributed by atoms with Crippen LogP contribution in [0.4, 0.5) is 0 Å². The molecule has 9 nitrogen and oxygen atoms in total. The van der Waals surface area contributed by atoms with E-state index in [1.54, 1.807) is 4.13 Å². The van der Waals surface area contributed by atoms with Gasteiger partial charge in [-0.2, -0.15) is 0 Å². The van der Waals surface area contributed by atoms with Crippen LogP contribution < -0.4 is 13.6 Å². The molecule has 0 bridgehead atoms. The minimum atomic E-state index is -4.34. The lowest BCUT2D eigenvalue weighted by molar-refractivity contribution is 0.373. The number of hydrogen-bond donors (Lipinski definition) is 3. The van der Waals surface area contributed by atoms with Gasteiger partial charge in [-0.25, -0.2) is 16.8 Å². The van der Waals surface area contributed by atoms with Crippen molar-refractivity contribution < 1.29 is 36.5 Å². The van der Waals surface area contributed by atoms with Gasteiger partial charge in [0, 0.05) is 10.8 Å². The molecule has 0 aromatic heterocycles. The van der Waals surface area contributed by atoms with Gasteiger partial charge in [0.1, 0.15) is 0 Å². The van der Waals surface area contributed by atoms with Gasteiger partial charge in [0.05, 0.1) is 14.2 Å². The van der Waals surface area contributed by atoms with Crippen LogP contribution in [0.25, 0.3) is 12.2 Å². The van der Waals surface area contributed by atoms with E-state index in [9.17, 15) is 27.0 Å². The fraction of sp³-hybridized carbons (Fsp3) is 0.111. The van der Waals surface area contributed by atoms with Crippen LogP contribution in [0.15, 0.2) is 47.2 Å². The van der Waals surface area contributed by atoms with E-state index in [4.69, 9.17) is 9.47 Å². The molecule has 0 aliphatic rings. The summed E-state index contributed by atoms with van der Waals surface area (Å²) in [5.74, 6) is 0.0254. The van der Waals surface area contributed by atoms with Gasteiger partial charge < -0.3 is 19.7 Å². The molecule has 0 radical (unpaired) electrons. The fourth-order valence-corrected chi connectivity index (χ4v) is 4.59. The minimum absolute atomic E-state index is 0.196. The number of phenols is 2. The Morgan fingerprint density at radius 3 is 1.45 bits per heavy atom. The van der Waals surface area contributed by atoms with E-state index in [0.717, 1.165) is 12.2 Å². The lowest BCUT2D eigenvalue weighted by Gasteiger charge is -2.04. The second kappa shape index (κ2) is 8.99. The molecule has 0 heterocycles. The Balaban J connectivity index is 2.13. The van der Waals surface area contributed by atoms with Crippen molar-refractivity contribution in [2.75, 3.05) is 14.2 Å². The molecule has 2 aromatic rings. The van der Waals surface area contributed by atoms with Crippen molar-refractivity contribution in [1.29, 1.82) is 0 Å². The highest BCUT2D eigenvalue weighted by atomic mass is 32.3. The molecular formula is C18H19NO8S2. The van der Waals surface area contributed by atoms with Gasteiger partial charge in [0.15, 0.2) is 23.0 Å². The SMILES string of the molecule is COc1ccc(/C=C/S(=O)(=O)NS(=O)(=O)/C=C/c2ccc(OC)c(O)c2)cc1O. The highest BCUT2D eigenvalue weighted by molar-refractivity contribution is 8.07. The molecule has 0 saturated heterocycles. The summed E-state index contributed by atoms with van der Waals surface area (Å²) < 4.78 is 59.4. The molecule has 0 aliphatic carbocycles. The summed E-state index contributed by atoms with van der Waals surface area (Å²) in [6.45, 7) is 0. The number of methoxy groups -OCH3 is 2. The average molecular weight is 441 g/mol. The Morgan fingerprint density at radius 1 is 0.759 bits per heavy atom. The molecular weight excluding hydrogens is 422 g/mol. The number of sulfonamides is 2. The zero-order valence-corrected chi connectivity index (χ0v) is 17.1. The molecule has 156 valence electrons. The maximum Gasteiger partial charge on any atom is 0.246 e. The van der Waals surface area contributed by atoms with E-state index in [2.05, 4.69) is 0 Å². The molecule has 0 spiro atoms. The van der Waals surface area contributed by atoms with Crippen molar-refractivity contribution in [3.05, 3.63) is 58.3 Å². The third-order valence-electron chi connectivity index (χ3n) is 3.52. The second-order valence-electron chi connectivity index (χ2n) is 5.64. The number of benzene rings is 2. The molecule has 0 aliphatic heterocycles. The third-order valence-corrected chi connectivity index (χ3v) is 6.36. The summed E-state index contributed by atoms with van der Waals surface area (Å²) in [4.78, 5) is 0. The highest BCUT2D eigenvalue weighted by Gasteiger charge is 2.15. The van der Waals surface area contributed by atoms with E-state index < -0.39 is 20.0 Å². The first-order chi connectivity index (χ1) is 13.5. The van der Waals surface area contributed by atoms with E-state index in [1.807, 2.05) is 0 Å². The van der Waals surface area contributed by atoms with Crippen LogP contribution in [0.2, 0.25) is 0 Å². The van der Waals surface area contributed by atoms with E-state index >= 15 is 0 Å². The van der Waals surface area contributed by atoms with Crippen LogP contribution in [0.3, 0.4) is 0 Å². The minimum Gasteiger partial charge on any atom is -0.504 e. The number of ether oxygens (including phenoxy) is 2. The smallest absolute Gasteiger partial charge is 0.246 e. The van der Waals surface area contributed by atoms with Crippen LogP contribution in [0.1, 0.15) is 11.1 Å². The van der Waals surface area contributed by atoms with Crippen molar-refractivity contribution >= 4 is 32.2 Å². The predicted molar refractivity (Wildman–Crippen MR) is 108 cm³/mol. The largest absolute Gasteiger partial charge is 0.504 e. The number of nitrogens with one attached hydrogen (secondary N) is 1. The van der Waals surface area contributed by atoms with Crippen LogP contribution >= 0.6 is 0 Å². The van der Waals surface area contributed by atoms with Crippen LogP contribution in [0.5, 0.6) is 23.0 Å². The fourth-order valence-electron chi connectivity index (χ4n) is 2.18. The monoisotopic (exact) mass is 441 g/mol. The summed E-state index contributed by atoms with van der Waals surface area (Å²) in [5, 5.41) is 20.7. The molecule has 0 amide bonds. The predicted octanol–water partition coefficient (Wildman–Crippen LogP) is 2.01. The van der Waals surface area contributed by atoms with Gasteiger partial charge in [-0.15, -0.1) is 4.13 Å². The van der Waals surface area contributed by atoms with Crippen molar-refractivity contribution in [2.24, 2.45) is 0 Å². The molecule has 0 unspecified atom stereocenters. The molecule has 29 heavy (non-hydrogen) atoms. The van der Waals surface area contributed by atoms with Crippen molar-refractivity contribution in [3.8, 4) is 23.0 Å². The van der Waals surface area contributed by atoms with Gasteiger partial charge in [-0.05, 0) is 47.5 Å². The van der Waals surface area contributed by atoms with E-state index in [1.165, 1.54) is 50.6 Å². The number of aromatic hydroxyl groups is 2. The standard InChI is InChI=1S/C18H19NO8S2/c1-26-17-5-3-13(11-15(17)20)7-9-28(22,23)19-29(24,25)10-8-14-4-6-18(27-2)16(21)12-14/h3-12,19-21H,1-2H3/b9-7+,10-8+. The Bertz CT molecular complexity index is 1060. The summed E-state index contributed by atoms with van der Waals surface area (Å²) in [7, 11) is -5.95. The molecule has 3 N–H and O–H groups in total. The van der Waals surface area contributed by atoms with Crippen LogP contribution in [-0.2, 0) is 20.0 Å². The van der Waals surface area contributed by atoms with Crippen molar-refractivity contribution in [3.63, 3.8) is 0 Å². The Hall–Kier alpha value is -3.02. The van der Waals surface area contributed by atoms with Gasteiger partial charge in [0.2, 0.25) is 20.0 Å². The summed E-state index contributed by atoms with van der Waals surface area (Å²) in [6.07, 6.45) is 2.23. The van der Waals surface area contributed by atoms with Gasteiger partial charge >= 0.3 is 0 Å². The number of hydrogen-bond acceptors (Lipinski definition) is 8. The van der Waals surface area contributed by atoms with Gasteiger partial charge in [-0.1, -0.05) is 12.1 Å². The van der Waals surface area contributed by atoms with Crippen LogP contribution in [0, 0.1) is 0 Å². The molecule has 11 heteroatoms. The zero-order valence-electron chi connectivity index (χ0n) is 15.4. The molecule has 0 fully saturated rings. The molecule has 0 atom stereocenters. The first-order valence-electron chi connectivity index (χ1n) is 7.94. The lowest BCUT2D eigenvalue weighted by Crippen LogP contribution is -2.26. The zero-order chi connectivity index (χ0) is 21.7. The number of rotatable bonds is 8. The lowest BCUT2D eigenvalue weighted by atomic mass is 10.2. The maximum absolute atomic E-state index is 12.0. The maximum atomic E-state index is 12.0. The van der Waals surface area contributed by atoms with Crippen molar-refractivity contribution in [1.82, 2.24) is 4.13 Å². The Labute approximate surface area is 168 Å².